The Morgan fingerprint density at radius 1 is 0.926 bits per heavy atom. The third kappa shape index (κ3) is 8.76. The Bertz CT molecular complexity index is 2150. The molecule has 0 saturated carbocycles. The Kier molecular flexibility index (Phi) is 11.3. The van der Waals surface area contributed by atoms with Gasteiger partial charge >= 0.3 is 0 Å². The fourth-order valence-corrected chi connectivity index (χ4v) is 6.82. The number of carbonyl (C=O) groups is 2. The highest BCUT2D eigenvalue weighted by atomic mass is 19.1. The topological polar surface area (TPSA) is 122 Å². The fourth-order valence-electron chi connectivity index (χ4n) is 6.82. The summed E-state index contributed by atoms with van der Waals surface area (Å²) in [7, 11) is 6.04. The van der Waals surface area contributed by atoms with Gasteiger partial charge in [0.2, 0.25) is 0 Å². The van der Waals surface area contributed by atoms with Crippen molar-refractivity contribution in [1.29, 1.82) is 0 Å². The van der Waals surface area contributed by atoms with Crippen LogP contribution in [-0.2, 0) is 16.0 Å². The lowest BCUT2D eigenvalue weighted by Gasteiger charge is -2.34. The number of allylic oxidation sites excluding steroid dienone is 1. The molecule has 2 saturated heterocycles. The van der Waals surface area contributed by atoms with E-state index >= 15 is 4.39 Å². The van der Waals surface area contributed by atoms with Gasteiger partial charge in [-0.15, -0.1) is 0 Å². The van der Waals surface area contributed by atoms with Gasteiger partial charge in [0.05, 0.1) is 24.3 Å². The summed E-state index contributed by atoms with van der Waals surface area (Å²) in [5.41, 5.74) is 5.60. The molecule has 3 aromatic carbocycles. The fraction of sp³-hybridized carbons (Fsp3) is 0.317. The molecule has 2 aliphatic rings. The zero-order valence-electron chi connectivity index (χ0n) is 30.9. The molecule has 13 heteroatoms. The summed E-state index contributed by atoms with van der Waals surface area (Å²) >= 11 is 0. The minimum absolute atomic E-state index is 0.00767. The zero-order chi connectivity index (χ0) is 37.6. The van der Waals surface area contributed by atoms with Gasteiger partial charge in [-0.2, -0.15) is 5.10 Å². The molecule has 280 valence electrons. The number of halogens is 1. The predicted molar refractivity (Wildman–Crippen MR) is 213 cm³/mol. The largest absolute Gasteiger partial charge is 0.378 e. The molecule has 4 heterocycles. The molecule has 0 aliphatic carbocycles. The molecular formula is C41H46FN9O3. The van der Waals surface area contributed by atoms with E-state index in [0.29, 0.717) is 66.6 Å². The lowest BCUT2D eigenvalue weighted by atomic mass is 9.98. The van der Waals surface area contributed by atoms with E-state index in [1.807, 2.05) is 72.4 Å². The number of nitrogens with one attached hydrogen (secondary N) is 3. The van der Waals surface area contributed by atoms with Gasteiger partial charge in [-0.05, 0) is 86.4 Å². The highest BCUT2D eigenvalue weighted by Crippen LogP contribution is 2.34. The number of H-pyrrole nitrogens is 1. The number of pyridine rings is 1. The monoisotopic (exact) mass is 731 g/mol. The van der Waals surface area contributed by atoms with Crippen molar-refractivity contribution in [2.45, 2.75) is 6.42 Å². The number of carbonyl (C=O) groups excluding carboxylic acids is 2. The summed E-state index contributed by atoms with van der Waals surface area (Å²) in [5, 5.41) is 14.2. The molecule has 2 fully saturated rings. The maximum Gasteiger partial charge on any atom is 0.274 e. The van der Waals surface area contributed by atoms with E-state index in [9.17, 15) is 9.59 Å². The summed E-state index contributed by atoms with van der Waals surface area (Å²) in [6.45, 7) is 6.83. The van der Waals surface area contributed by atoms with E-state index in [1.165, 1.54) is 6.07 Å². The van der Waals surface area contributed by atoms with Crippen molar-refractivity contribution in [1.82, 2.24) is 25.0 Å². The zero-order valence-corrected chi connectivity index (χ0v) is 30.9. The lowest BCUT2D eigenvalue weighted by molar-refractivity contribution is -0.114. The molecule has 0 unspecified atom stereocenters. The molecule has 0 radical (unpaired) electrons. The van der Waals surface area contributed by atoms with E-state index in [-0.39, 0.29) is 17.9 Å². The Morgan fingerprint density at radius 3 is 2.50 bits per heavy atom. The Balaban J connectivity index is 1.21. The van der Waals surface area contributed by atoms with Crippen molar-refractivity contribution in [3.05, 3.63) is 102 Å². The van der Waals surface area contributed by atoms with Crippen LogP contribution in [0.15, 0.2) is 84.9 Å². The number of likely N-dealkylation sites (N-methyl/N-ethyl adjacent to an activating group) is 2. The lowest BCUT2D eigenvalue weighted by Crippen LogP contribution is -2.44. The number of anilines is 5. The van der Waals surface area contributed by atoms with Crippen LogP contribution in [0, 0.1) is 5.82 Å². The van der Waals surface area contributed by atoms with Crippen molar-refractivity contribution < 1.29 is 18.7 Å². The SMILES string of the molecule is CN(C)C/C=C/C(=O)Cc1cccc(-c2cc(Nc3cccc(N4CCN(C)CC4)c3)nc3n[nH]c(C(=O)Nc4ccc(N5CCOCC5)c(F)c4)c23)c1. The van der Waals surface area contributed by atoms with E-state index < -0.39 is 11.7 Å². The average Bonchev–Trinajstić information content (AvgIpc) is 3.60. The van der Waals surface area contributed by atoms with Crippen molar-refractivity contribution in [2.24, 2.45) is 0 Å². The van der Waals surface area contributed by atoms with Crippen LogP contribution in [0.2, 0.25) is 0 Å². The van der Waals surface area contributed by atoms with Gasteiger partial charge in [0.1, 0.15) is 17.3 Å². The summed E-state index contributed by atoms with van der Waals surface area (Å²) < 4.78 is 20.7. The van der Waals surface area contributed by atoms with Crippen molar-refractivity contribution in [3.8, 4) is 11.1 Å². The van der Waals surface area contributed by atoms with Crippen LogP contribution in [0.3, 0.4) is 0 Å². The van der Waals surface area contributed by atoms with E-state index in [1.54, 1.807) is 18.2 Å². The molecule has 0 bridgehead atoms. The molecule has 2 aromatic heterocycles. The van der Waals surface area contributed by atoms with E-state index in [0.717, 1.165) is 48.7 Å². The van der Waals surface area contributed by atoms with E-state index in [4.69, 9.17) is 9.72 Å². The van der Waals surface area contributed by atoms with Crippen LogP contribution in [-0.4, -0.2) is 117 Å². The summed E-state index contributed by atoms with van der Waals surface area (Å²) in [6.07, 6.45) is 3.69. The highest BCUT2D eigenvalue weighted by molar-refractivity contribution is 6.14. The summed E-state index contributed by atoms with van der Waals surface area (Å²) in [5.74, 6) is -0.383. The molecular weight excluding hydrogens is 686 g/mol. The third-order valence-electron chi connectivity index (χ3n) is 9.69. The molecule has 54 heavy (non-hydrogen) atoms. The number of nitrogens with zero attached hydrogens (tertiary/aromatic N) is 6. The summed E-state index contributed by atoms with van der Waals surface area (Å²) in [6, 6.07) is 22.5. The first-order valence-electron chi connectivity index (χ1n) is 18.3. The van der Waals surface area contributed by atoms with Gasteiger partial charge in [0.15, 0.2) is 11.4 Å². The van der Waals surface area contributed by atoms with Crippen LogP contribution in [0.25, 0.3) is 22.2 Å². The Morgan fingerprint density at radius 2 is 1.72 bits per heavy atom. The first kappa shape index (κ1) is 36.7. The molecule has 1 amide bonds. The number of amides is 1. The molecule has 2 aliphatic heterocycles. The van der Waals surface area contributed by atoms with Crippen LogP contribution in [0.1, 0.15) is 16.1 Å². The molecule has 3 N–H and O–H groups in total. The number of piperazine rings is 1. The number of morpholine rings is 1. The number of aromatic nitrogens is 3. The maximum atomic E-state index is 15.3. The quantitative estimate of drug-likeness (QED) is 0.140. The molecule has 5 aromatic rings. The second-order valence-corrected chi connectivity index (χ2v) is 14.0. The normalized spacial score (nSPS) is 15.4. The first-order valence-corrected chi connectivity index (χ1v) is 18.3. The smallest absolute Gasteiger partial charge is 0.274 e. The van der Waals surface area contributed by atoms with Crippen molar-refractivity contribution >= 4 is 51.3 Å². The second-order valence-electron chi connectivity index (χ2n) is 14.0. The minimum Gasteiger partial charge on any atom is -0.378 e. The minimum atomic E-state index is -0.489. The van der Waals surface area contributed by atoms with Gasteiger partial charge in [-0.1, -0.05) is 36.4 Å². The molecule has 0 atom stereocenters. The Labute approximate surface area is 314 Å². The number of aromatic amines is 1. The standard InChI is InChI=1S/C41H46FN9O3/c1-48(2)14-6-11-33(52)24-28-7-4-8-29(23-28)34-27-37(43-30-9-5-10-32(25-30)50-17-15-49(3)16-18-50)45-40-38(34)39(46-47-40)41(53)44-31-12-13-36(35(42)26-31)51-19-21-54-22-20-51/h4-13,23,25-27H,14-22,24H2,1-3H3,(H,44,53)(H2,43,45,46,47)/b11-6+. The van der Waals surface area contributed by atoms with Gasteiger partial charge < -0.3 is 35.0 Å². The maximum absolute atomic E-state index is 15.3. The molecule has 12 nitrogen and oxygen atoms in total. The van der Waals surface area contributed by atoms with Crippen LogP contribution < -0.4 is 20.4 Å². The highest BCUT2D eigenvalue weighted by Gasteiger charge is 2.22. The van der Waals surface area contributed by atoms with Crippen LogP contribution in [0.5, 0.6) is 0 Å². The van der Waals surface area contributed by atoms with Crippen LogP contribution >= 0.6 is 0 Å². The first-order chi connectivity index (χ1) is 26.2. The number of hydrogen-bond acceptors (Lipinski definition) is 10. The molecule has 0 spiro atoms. The van der Waals surface area contributed by atoms with E-state index in [2.05, 4.69) is 49.8 Å². The number of benzene rings is 3. The van der Waals surface area contributed by atoms with Gasteiger partial charge in [0, 0.05) is 69.3 Å². The summed E-state index contributed by atoms with van der Waals surface area (Å²) in [4.78, 5) is 40.2. The predicted octanol–water partition coefficient (Wildman–Crippen LogP) is 5.58. The van der Waals surface area contributed by atoms with Gasteiger partial charge in [-0.3, -0.25) is 14.7 Å². The number of fused-ring (bicyclic) bond motifs is 1. The van der Waals surface area contributed by atoms with Crippen molar-refractivity contribution in [3.63, 3.8) is 0 Å². The van der Waals surface area contributed by atoms with Gasteiger partial charge in [0.25, 0.3) is 5.91 Å². The number of ketones is 1. The number of hydrogen-bond donors (Lipinski definition) is 3. The van der Waals surface area contributed by atoms with Crippen LogP contribution in [0.4, 0.5) is 33.0 Å². The Hall–Kier alpha value is -5.63. The second kappa shape index (κ2) is 16.6. The molecule has 7 rings (SSSR count). The van der Waals surface area contributed by atoms with Crippen molar-refractivity contribution in [2.75, 3.05) is 101 Å². The number of rotatable bonds is 12. The van der Waals surface area contributed by atoms with Gasteiger partial charge in [-0.25, -0.2) is 9.37 Å². The average molecular weight is 732 g/mol. The third-order valence-corrected chi connectivity index (χ3v) is 9.69. The number of ether oxygens (including phenoxy) is 1.